The summed E-state index contributed by atoms with van der Waals surface area (Å²) in [6, 6.07) is 7.01. The van der Waals surface area contributed by atoms with Crippen molar-refractivity contribution in [3.63, 3.8) is 0 Å². The SMILES string of the molecule is CNC(C)c1cc(Br)ccc1N1CCCN(C)CC1. The number of likely N-dealkylation sites (N-methyl/N-ethyl adjacent to an activating group) is 1. The first-order valence-electron chi connectivity index (χ1n) is 7.02. The van der Waals surface area contributed by atoms with Crippen LogP contribution in [0.25, 0.3) is 0 Å². The van der Waals surface area contributed by atoms with E-state index in [9.17, 15) is 0 Å². The molecule has 0 amide bonds. The number of benzene rings is 1. The van der Waals surface area contributed by atoms with Crippen molar-refractivity contribution < 1.29 is 0 Å². The topological polar surface area (TPSA) is 18.5 Å². The summed E-state index contributed by atoms with van der Waals surface area (Å²) < 4.78 is 1.15. The van der Waals surface area contributed by atoms with Gasteiger partial charge in [-0.2, -0.15) is 0 Å². The van der Waals surface area contributed by atoms with Gasteiger partial charge in [0.05, 0.1) is 0 Å². The second-order valence-electron chi connectivity index (χ2n) is 5.36. The van der Waals surface area contributed by atoms with E-state index in [0.717, 1.165) is 24.1 Å². The fourth-order valence-electron chi connectivity index (χ4n) is 2.60. The number of hydrogen-bond acceptors (Lipinski definition) is 3. The number of anilines is 1. The Balaban J connectivity index is 2.27. The Labute approximate surface area is 125 Å². The van der Waals surface area contributed by atoms with E-state index in [1.807, 2.05) is 7.05 Å². The van der Waals surface area contributed by atoms with Gasteiger partial charge in [0.2, 0.25) is 0 Å². The summed E-state index contributed by atoms with van der Waals surface area (Å²) >= 11 is 3.59. The van der Waals surface area contributed by atoms with Crippen LogP contribution in [0.1, 0.15) is 24.9 Å². The molecule has 4 heteroatoms. The van der Waals surface area contributed by atoms with Gasteiger partial charge in [0.25, 0.3) is 0 Å². The van der Waals surface area contributed by atoms with Gasteiger partial charge in [-0.1, -0.05) is 15.9 Å². The minimum atomic E-state index is 0.369. The van der Waals surface area contributed by atoms with E-state index in [-0.39, 0.29) is 0 Å². The molecule has 1 fully saturated rings. The lowest BCUT2D eigenvalue weighted by atomic mass is 10.1. The summed E-state index contributed by atoms with van der Waals surface area (Å²) in [5.74, 6) is 0. The third-order valence-corrected chi connectivity index (χ3v) is 4.44. The van der Waals surface area contributed by atoms with Gasteiger partial charge in [-0.05, 0) is 57.7 Å². The molecule has 2 rings (SSSR count). The van der Waals surface area contributed by atoms with Gasteiger partial charge in [-0.15, -0.1) is 0 Å². The first-order valence-corrected chi connectivity index (χ1v) is 7.81. The maximum Gasteiger partial charge on any atom is 0.0415 e. The maximum absolute atomic E-state index is 3.59. The van der Waals surface area contributed by atoms with Crippen LogP contribution in [0.5, 0.6) is 0 Å². The van der Waals surface area contributed by atoms with Gasteiger partial charge >= 0.3 is 0 Å². The fourth-order valence-corrected chi connectivity index (χ4v) is 2.98. The smallest absolute Gasteiger partial charge is 0.0415 e. The van der Waals surface area contributed by atoms with Crippen LogP contribution in [0, 0.1) is 0 Å². The van der Waals surface area contributed by atoms with Crippen LogP contribution in [0.3, 0.4) is 0 Å². The molecule has 1 atom stereocenters. The van der Waals surface area contributed by atoms with Gasteiger partial charge in [0.1, 0.15) is 0 Å². The number of hydrogen-bond donors (Lipinski definition) is 1. The molecule has 1 aliphatic heterocycles. The second-order valence-corrected chi connectivity index (χ2v) is 6.27. The number of halogens is 1. The lowest BCUT2D eigenvalue weighted by Gasteiger charge is -2.28. The van der Waals surface area contributed by atoms with Crippen molar-refractivity contribution in [1.82, 2.24) is 10.2 Å². The molecule has 0 radical (unpaired) electrons. The van der Waals surface area contributed by atoms with Crippen LogP contribution in [-0.2, 0) is 0 Å². The van der Waals surface area contributed by atoms with Crippen molar-refractivity contribution in [2.75, 3.05) is 45.2 Å². The Hall–Kier alpha value is -0.580. The molecule has 19 heavy (non-hydrogen) atoms. The van der Waals surface area contributed by atoms with Gasteiger partial charge in [0.15, 0.2) is 0 Å². The molecule has 0 bridgehead atoms. The van der Waals surface area contributed by atoms with E-state index >= 15 is 0 Å². The minimum Gasteiger partial charge on any atom is -0.370 e. The zero-order valence-corrected chi connectivity index (χ0v) is 13.7. The van der Waals surface area contributed by atoms with Crippen LogP contribution in [0.15, 0.2) is 22.7 Å². The molecule has 0 aliphatic carbocycles. The molecule has 1 aromatic carbocycles. The average Bonchev–Trinajstić information content (AvgIpc) is 2.62. The van der Waals surface area contributed by atoms with Crippen molar-refractivity contribution in [3.05, 3.63) is 28.2 Å². The molecule has 0 spiro atoms. The zero-order valence-electron chi connectivity index (χ0n) is 12.1. The Morgan fingerprint density at radius 1 is 1.21 bits per heavy atom. The lowest BCUT2D eigenvalue weighted by Crippen LogP contribution is -2.30. The molecule has 0 aromatic heterocycles. The molecule has 1 saturated heterocycles. The van der Waals surface area contributed by atoms with E-state index in [4.69, 9.17) is 0 Å². The van der Waals surface area contributed by atoms with E-state index < -0.39 is 0 Å². The molecule has 0 saturated carbocycles. The van der Waals surface area contributed by atoms with Gasteiger partial charge in [0, 0.05) is 35.8 Å². The summed E-state index contributed by atoms with van der Waals surface area (Å²) in [5, 5.41) is 3.35. The first-order chi connectivity index (χ1) is 9.11. The highest BCUT2D eigenvalue weighted by Gasteiger charge is 2.17. The zero-order chi connectivity index (χ0) is 13.8. The molecule has 1 aromatic rings. The first kappa shape index (κ1) is 14.8. The van der Waals surface area contributed by atoms with Crippen molar-refractivity contribution in [3.8, 4) is 0 Å². The molecule has 1 unspecified atom stereocenters. The number of rotatable bonds is 3. The average molecular weight is 326 g/mol. The summed E-state index contributed by atoms with van der Waals surface area (Å²) in [4.78, 5) is 4.94. The van der Waals surface area contributed by atoms with Crippen molar-refractivity contribution >= 4 is 21.6 Å². The Kier molecular flexibility index (Phi) is 5.25. The second kappa shape index (κ2) is 6.73. The van der Waals surface area contributed by atoms with Crippen LogP contribution in [-0.4, -0.2) is 45.2 Å². The molecule has 3 nitrogen and oxygen atoms in total. The van der Waals surface area contributed by atoms with E-state index in [0.29, 0.717) is 6.04 Å². The van der Waals surface area contributed by atoms with Crippen molar-refractivity contribution in [2.45, 2.75) is 19.4 Å². The van der Waals surface area contributed by atoms with E-state index in [1.54, 1.807) is 0 Å². The van der Waals surface area contributed by atoms with Crippen LogP contribution in [0.4, 0.5) is 5.69 Å². The van der Waals surface area contributed by atoms with Gasteiger partial charge in [-0.25, -0.2) is 0 Å². The molecular formula is C15H24BrN3. The largest absolute Gasteiger partial charge is 0.370 e. The Bertz CT molecular complexity index is 422. The molecule has 1 aliphatic rings. The van der Waals surface area contributed by atoms with Crippen LogP contribution in [0.2, 0.25) is 0 Å². The fraction of sp³-hybridized carbons (Fsp3) is 0.600. The number of nitrogens with zero attached hydrogens (tertiary/aromatic N) is 2. The maximum atomic E-state index is 3.59. The molecular weight excluding hydrogens is 302 g/mol. The third kappa shape index (κ3) is 3.71. The Morgan fingerprint density at radius 2 is 2.00 bits per heavy atom. The summed E-state index contributed by atoms with van der Waals surface area (Å²) in [6.07, 6.45) is 1.24. The molecule has 106 valence electrons. The van der Waals surface area contributed by atoms with E-state index in [2.05, 4.69) is 63.2 Å². The van der Waals surface area contributed by atoms with Crippen molar-refractivity contribution in [2.24, 2.45) is 0 Å². The highest BCUT2D eigenvalue weighted by Crippen LogP contribution is 2.30. The predicted molar refractivity (Wildman–Crippen MR) is 85.9 cm³/mol. The van der Waals surface area contributed by atoms with E-state index in [1.165, 1.54) is 24.2 Å². The minimum absolute atomic E-state index is 0.369. The van der Waals surface area contributed by atoms with Gasteiger partial charge < -0.3 is 15.1 Å². The predicted octanol–water partition coefficient (Wildman–Crippen LogP) is 2.87. The van der Waals surface area contributed by atoms with Crippen molar-refractivity contribution in [1.29, 1.82) is 0 Å². The quantitative estimate of drug-likeness (QED) is 0.921. The highest BCUT2D eigenvalue weighted by molar-refractivity contribution is 9.10. The Morgan fingerprint density at radius 3 is 2.74 bits per heavy atom. The summed E-state index contributed by atoms with van der Waals surface area (Å²) in [5.41, 5.74) is 2.75. The van der Waals surface area contributed by atoms with Crippen LogP contribution >= 0.6 is 15.9 Å². The third-order valence-electron chi connectivity index (χ3n) is 3.95. The lowest BCUT2D eigenvalue weighted by molar-refractivity contribution is 0.360. The molecule has 1 heterocycles. The summed E-state index contributed by atoms with van der Waals surface area (Å²) in [6.45, 7) is 6.82. The van der Waals surface area contributed by atoms with Gasteiger partial charge in [-0.3, -0.25) is 0 Å². The number of nitrogens with one attached hydrogen (secondary N) is 1. The normalized spacial score (nSPS) is 19.3. The summed E-state index contributed by atoms with van der Waals surface area (Å²) in [7, 11) is 4.23. The monoisotopic (exact) mass is 325 g/mol. The molecule has 1 N–H and O–H groups in total. The highest BCUT2D eigenvalue weighted by atomic mass is 79.9. The van der Waals surface area contributed by atoms with Crippen LogP contribution < -0.4 is 10.2 Å². The standard InChI is InChI=1S/C15H24BrN3/c1-12(17-2)14-11-13(16)5-6-15(14)19-8-4-7-18(3)9-10-19/h5-6,11-12,17H,4,7-10H2,1-3H3.